The molecule has 1 rings (SSSR count). The molecule has 1 aromatic heterocycles. The van der Waals surface area contributed by atoms with E-state index in [1.54, 1.807) is 14.0 Å². The van der Waals surface area contributed by atoms with E-state index in [1.807, 2.05) is 13.0 Å². The van der Waals surface area contributed by atoms with Crippen LogP contribution in [0.1, 0.15) is 16.8 Å². The van der Waals surface area contributed by atoms with Crippen molar-refractivity contribution in [3.63, 3.8) is 0 Å². The van der Waals surface area contributed by atoms with Crippen LogP contribution in [0, 0.1) is 13.8 Å². The van der Waals surface area contributed by atoms with E-state index in [9.17, 15) is 8.78 Å². The van der Waals surface area contributed by atoms with Gasteiger partial charge in [0.25, 0.3) is 6.43 Å². The van der Waals surface area contributed by atoms with E-state index < -0.39 is 13.0 Å². The lowest BCUT2D eigenvalue weighted by Gasteiger charge is -2.22. The van der Waals surface area contributed by atoms with Crippen molar-refractivity contribution in [3.05, 3.63) is 22.9 Å². The van der Waals surface area contributed by atoms with Crippen molar-refractivity contribution >= 4 is 23.0 Å². The summed E-state index contributed by atoms with van der Waals surface area (Å²) in [4.78, 5) is 5.78. The Morgan fingerprint density at radius 2 is 2.12 bits per heavy atom. The van der Waals surface area contributed by atoms with Gasteiger partial charge in [0, 0.05) is 12.7 Å². The molecule has 0 aliphatic rings. The zero-order chi connectivity index (χ0) is 13.2. The lowest BCUT2D eigenvalue weighted by Crippen LogP contribution is -2.28. The number of thiocarbonyl (C=S) groups is 1. The minimum absolute atomic E-state index is 0.172. The summed E-state index contributed by atoms with van der Waals surface area (Å²) in [5, 5.41) is 0. The third kappa shape index (κ3) is 3.33. The Kier molecular flexibility index (Phi) is 4.34. The summed E-state index contributed by atoms with van der Waals surface area (Å²) in [6.45, 7) is 3.24. The van der Waals surface area contributed by atoms with E-state index in [2.05, 4.69) is 4.98 Å². The largest absolute Gasteiger partial charge is 0.389 e. The molecule has 0 aliphatic carbocycles. The molecule has 0 saturated carbocycles. The fourth-order valence-electron chi connectivity index (χ4n) is 1.69. The van der Waals surface area contributed by atoms with Gasteiger partial charge in [0.2, 0.25) is 0 Å². The summed E-state index contributed by atoms with van der Waals surface area (Å²) >= 11 is 4.94. The van der Waals surface area contributed by atoms with E-state index in [0.29, 0.717) is 11.4 Å². The summed E-state index contributed by atoms with van der Waals surface area (Å²) in [5.74, 6) is 0.412. The molecular formula is C11H15F2N3S. The number of aromatic nitrogens is 1. The molecule has 0 unspecified atom stereocenters. The number of aryl methyl sites for hydroxylation is 2. The lowest BCUT2D eigenvalue weighted by atomic mass is 10.1. The number of hydrogen-bond donors (Lipinski definition) is 1. The molecule has 1 heterocycles. The first kappa shape index (κ1) is 13.8. The molecule has 0 fully saturated rings. The lowest BCUT2D eigenvalue weighted by molar-refractivity contribution is 0.156. The normalized spacial score (nSPS) is 10.7. The van der Waals surface area contributed by atoms with Gasteiger partial charge in [-0.1, -0.05) is 12.2 Å². The molecule has 1 aromatic rings. The molecule has 0 aliphatic heterocycles. The first-order valence-electron chi connectivity index (χ1n) is 5.10. The fraction of sp³-hybridized carbons (Fsp3) is 0.455. The second kappa shape index (κ2) is 5.35. The van der Waals surface area contributed by atoms with E-state index in [0.717, 1.165) is 11.3 Å². The van der Waals surface area contributed by atoms with Gasteiger partial charge in [-0.05, 0) is 25.5 Å². The number of alkyl halides is 2. The van der Waals surface area contributed by atoms with Crippen LogP contribution in [0.2, 0.25) is 0 Å². The van der Waals surface area contributed by atoms with Crippen LogP contribution < -0.4 is 10.6 Å². The van der Waals surface area contributed by atoms with Crippen molar-refractivity contribution in [1.82, 2.24) is 4.98 Å². The highest BCUT2D eigenvalue weighted by molar-refractivity contribution is 7.80. The second-order valence-corrected chi connectivity index (χ2v) is 4.35. The van der Waals surface area contributed by atoms with Crippen LogP contribution in [0.15, 0.2) is 6.07 Å². The van der Waals surface area contributed by atoms with Crippen molar-refractivity contribution in [2.24, 2.45) is 5.73 Å². The minimum atomic E-state index is -2.43. The van der Waals surface area contributed by atoms with Crippen LogP contribution in [-0.4, -0.2) is 30.0 Å². The van der Waals surface area contributed by atoms with Crippen molar-refractivity contribution in [1.29, 1.82) is 0 Å². The Morgan fingerprint density at radius 3 is 2.59 bits per heavy atom. The van der Waals surface area contributed by atoms with Gasteiger partial charge in [-0.2, -0.15) is 0 Å². The maximum atomic E-state index is 12.4. The Bertz CT molecular complexity index is 435. The average molecular weight is 259 g/mol. The zero-order valence-electron chi connectivity index (χ0n) is 10.00. The summed E-state index contributed by atoms with van der Waals surface area (Å²) in [6.07, 6.45) is -2.43. The molecule has 0 aromatic carbocycles. The summed E-state index contributed by atoms with van der Waals surface area (Å²) in [6, 6.07) is 1.83. The molecule has 3 nitrogen and oxygen atoms in total. The number of halogens is 2. The second-order valence-electron chi connectivity index (χ2n) is 3.92. The summed E-state index contributed by atoms with van der Waals surface area (Å²) in [5.41, 5.74) is 7.77. The van der Waals surface area contributed by atoms with E-state index >= 15 is 0 Å². The van der Waals surface area contributed by atoms with Crippen LogP contribution in [0.4, 0.5) is 14.6 Å². The zero-order valence-corrected chi connectivity index (χ0v) is 10.8. The quantitative estimate of drug-likeness (QED) is 0.840. The van der Waals surface area contributed by atoms with Crippen LogP contribution in [0.5, 0.6) is 0 Å². The first-order valence-corrected chi connectivity index (χ1v) is 5.51. The highest BCUT2D eigenvalue weighted by Gasteiger charge is 2.17. The van der Waals surface area contributed by atoms with Crippen molar-refractivity contribution in [3.8, 4) is 0 Å². The van der Waals surface area contributed by atoms with Gasteiger partial charge in [-0.25, -0.2) is 13.8 Å². The monoisotopic (exact) mass is 259 g/mol. The van der Waals surface area contributed by atoms with Gasteiger partial charge >= 0.3 is 0 Å². The van der Waals surface area contributed by atoms with E-state index in [-0.39, 0.29) is 4.99 Å². The number of pyridine rings is 1. The smallest absolute Gasteiger partial charge is 0.255 e. The Balaban J connectivity index is 3.25. The Labute approximate surface area is 105 Å². The summed E-state index contributed by atoms with van der Waals surface area (Å²) < 4.78 is 24.7. The molecular weight excluding hydrogens is 244 g/mol. The Hall–Kier alpha value is -1.30. The molecule has 0 spiro atoms. The van der Waals surface area contributed by atoms with Gasteiger partial charge < -0.3 is 10.6 Å². The topological polar surface area (TPSA) is 42.1 Å². The standard InChI is InChI=1S/C11H15F2N3S/c1-6-4-7(2)15-11(9(6)10(14)17)16(3)5-8(12)13/h4,8H,5H2,1-3H3,(H2,14,17). The number of anilines is 1. The molecule has 94 valence electrons. The van der Waals surface area contributed by atoms with Gasteiger partial charge in [0.15, 0.2) is 0 Å². The van der Waals surface area contributed by atoms with E-state index in [1.165, 1.54) is 4.90 Å². The molecule has 2 N–H and O–H groups in total. The van der Waals surface area contributed by atoms with Crippen LogP contribution in [0.3, 0.4) is 0 Å². The third-order valence-electron chi connectivity index (χ3n) is 2.35. The number of nitrogens with two attached hydrogens (primary N) is 1. The predicted octanol–water partition coefficient (Wildman–Crippen LogP) is 2.03. The summed E-state index contributed by atoms with van der Waals surface area (Å²) in [7, 11) is 1.55. The molecule has 6 heteroatoms. The molecule has 17 heavy (non-hydrogen) atoms. The van der Waals surface area contributed by atoms with Crippen LogP contribution in [-0.2, 0) is 0 Å². The molecule has 0 radical (unpaired) electrons. The maximum absolute atomic E-state index is 12.4. The molecule has 0 amide bonds. The molecule has 0 saturated heterocycles. The highest BCUT2D eigenvalue weighted by Crippen LogP contribution is 2.22. The van der Waals surface area contributed by atoms with Crippen LogP contribution in [0.25, 0.3) is 0 Å². The van der Waals surface area contributed by atoms with Crippen molar-refractivity contribution < 1.29 is 8.78 Å². The predicted molar refractivity (Wildman–Crippen MR) is 68.9 cm³/mol. The fourth-order valence-corrected chi connectivity index (χ4v) is 1.94. The third-order valence-corrected chi connectivity index (χ3v) is 2.55. The SMILES string of the molecule is Cc1cc(C)c(C(N)=S)c(N(C)CC(F)F)n1. The van der Waals surface area contributed by atoms with Crippen LogP contribution >= 0.6 is 12.2 Å². The van der Waals surface area contributed by atoms with Gasteiger partial charge in [0.1, 0.15) is 10.8 Å². The van der Waals surface area contributed by atoms with E-state index in [4.69, 9.17) is 18.0 Å². The Morgan fingerprint density at radius 1 is 1.53 bits per heavy atom. The number of hydrogen-bond acceptors (Lipinski definition) is 3. The maximum Gasteiger partial charge on any atom is 0.255 e. The number of rotatable bonds is 4. The molecule has 0 atom stereocenters. The van der Waals surface area contributed by atoms with Gasteiger partial charge in [-0.15, -0.1) is 0 Å². The van der Waals surface area contributed by atoms with Crippen molar-refractivity contribution in [2.75, 3.05) is 18.5 Å². The first-order chi connectivity index (χ1) is 7.82. The highest BCUT2D eigenvalue weighted by atomic mass is 32.1. The number of nitrogens with zero attached hydrogens (tertiary/aromatic N) is 2. The van der Waals surface area contributed by atoms with Gasteiger partial charge in [-0.3, -0.25) is 0 Å². The van der Waals surface area contributed by atoms with Gasteiger partial charge in [0.05, 0.1) is 12.1 Å². The minimum Gasteiger partial charge on any atom is -0.389 e. The average Bonchev–Trinajstić information content (AvgIpc) is 2.14. The molecule has 0 bridgehead atoms. The van der Waals surface area contributed by atoms with Crippen molar-refractivity contribution in [2.45, 2.75) is 20.3 Å².